The van der Waals surface area contributed by atoms with E-state index in [4.69, 9.17) is 4.74 Å². The number of ether oxygens (including phenoxy) is 1. The summed E-state index contributed by atoms with van der Waals surface area (Å²) >= 11 is 1.57. The quantitative estimate of drug-likeness (QED) is 0.625. The summed E-state index contributed by atoms with van der Waals surface area (Å²) in [6.45, 7) is 0. The number of aromatic nitrogens is 1. The molecular formula is C20H24N2O2S. The number of benzene rings is 1. The Morgan fingerprint density at radius 2 is 1.92 bits per heavy atom. The molecule has 1 aliphatic rings. The minimum atomic E-state index is -0.0223. The van der Waals surface area contributed by atoms with Crippen molar-refractivity contribution in [3.63, 3.8) is 0 Å². The molecule has 0 radical (unpaired) electrons. The summed E-state index contributed by atoms with van der Waals surface area (Å²) in [6.07, 6.45) is 10.6. The summed E-state index contributed by atoms with van der Waals surface area (Å²) in [7, 11) is 1.65. The molecule has 1 amide bonds. The molecule has 25 heavy (non-hydrogen) atoms. The summed E-state index contributed by atoms with van der Waals surface area (Å²) in [5.74, 6) is 0.807. The van der Waals surface area contributed by atoms with Gasteiger partial charge in [0.1, 0.15) is 10.8 Å². The standard InChI is InChI=1S/C20H24N2O2S/c1-24-18-11-8-15(9-12-18)20-22-17(14-25-20)10-13-19(23)21-16-6-4-2-3-5-7-16/h8-14,16H,2-7H2,1H3,(H,21,23). The molecule has 1 N–H and O–H groups in total. The molecule has 1 saturated carbocycles. The summed E-state index contributed by atoms with van der Waals surface area (Å²) < 4.78 is 5.17. The summed E-state index contributed by atoms with van der Waals surface area (Å²) in [5.41, 5.74) is 1.86. The fourth-order valence-corrected chi connectivity index (χ4v) is 3.86. The molecule has 0 spiro atoms. The third-order valence-corrected chi connectivity index (χ3v) is 5.38. The molecule has 0 bridgehead atoms. The van der Waals surface area contributed by atoms with Crippen molar-refractivity contribution in [2.45, 2.75) is 44.6 Å². The first-order chi connectivity index (χ1) is 12.2. The Morgan fingerprint density at radius 1 is 1.20 bits per heavy atom. The normalized spacial score (nSPS) is 15.9. The number of nitrogens with one attached hydrogen (secondary N) is 1. The van der Waals surface area contributed by atoms with E-state index in [1.165, 1.54) is 25.7 Å². The lowest BCUT2D eigenvalue weighted by atomic mass is 10.1. The SMILES string of the molecule is COc1ccc(-c2nc(C=CC(=O)NC3CCCCCC3)cs2)cc1. The first-order valence-corrected chi connectivity index (χ1v) is 9.71. The predicted molar refractivity (Wildman–Crippen MR) is 103 cm³/mol. The summed E-state index contributed by atoms with van der Waals surface area (Å²) in [5, 5.41) is 6.02. The number of rotatable bonds is 5. The van der Waals surface area contributed by atoms with Crippen LogP contribution in [0.25, 0.3) is 16.6 Å². The van der Waals surface area contributed by atoms with Crippen molar-refractivity contribution in [2.24, 2.45) is 0 Å². The third-order valence-electron chi connectivity index (χ3n) is 4.47. The van der Waals surface area contributed by atoms with Gasteiger partial charge in [-0.2, -0.15) is 0 Å². The topological polar surface area (TPSA) is 51.2 Å². The molecule has 1 fully saturated rings. The minimum Gasteiger partial charge on any atom is -0.497 e. The van der Waals surface area contributed by atoms with E-state index in [0.717, 1.165) is 34.9 Å². The fourth-order valence-electron chi connectivity index (χ4n) is 3.06. The zero-order valence-electron chi connectivity index (χ0n) is 14.5. The summed E-state index contributed by atoms with van der Waals surface area (Å²) in [6, 6.07) is 8.15. The average Bonchev–Trinajstić information content (AvgIpc) is 2.97. The van der Waals surface area contributed by atoms with Crippen LogP contribution >= 0.6 is 11.3 Å². The Balaban J connectivity index is 1.58. The fraction of sp³-hybridized carbons (Fsp3) is 0.400. The highest BCUT2D eigenvalue weighted by Crippen LogP contribution is 2.26. The van der Waals surface area contributed by atoms with Gasteiger partial charge in [0.25, 0.3) is 0 Å². The predicted octanol–water partition coefficient (Wildman–Crippen LogP) is 4.67. The van der Waals surface area contributed by atoms with Crippen LogP contribution in [-0.4, -0.2) is 24.0 Å². The lowest BCUT2D eigenvalue weighted by molar-refractivity contribution is -0.117. The second-order valence-corrected chi connectivity index (χ2v) is 7.19. The molecule has 2 aromatic rings. The van der Waals surface area contributed by atoms with E-state index in [0.29, 0.717) is 6.04 Å². The Bertz CT molecular complexity index is 714. The average molecular weight is 356 g/mol. The van der Waals surface area contributed by atoms with Gasteiger partial charge in [0.2, 0.25) is 5.91 Å². The Morgan fingerprint density at radius 3 is 2.60 bits per heavy atom. The highest BCUT2D eigenvalue weighted by atomic mass is 32.1. The van der Waals surface area contributed by atoms with E-state index < -0.39 is 0 Å². The van der Waals surface area contributed by atoms with Crippen LogP contribution in [0.4, 0.5) is 0 Å². The smallest absolute Gasteiger partial charge is 0.244 e. The van der Waals surface area contributed by atoms with Gasteiger partial charge in [0.15, 0.2) is 0 Å². The lowest BCUT2D eigenvalue weighted by Gasteiger charge is -2.14. The van der Waals surface area contributed by atoms with Crippen LogP contribution in [0.5, 0.6) is 5.75 Å². The van der Waals surface area contributed by atoms with Crippen LogP contribution in [0, 0.1) is 0 Å². The molecule has 1 aliphatic carbocycles. The molecular weight excluding hydrogens is 332 g/mol. The first-order valence-electron chi connectivity index (χ1n) is 8.83. The molecule has 0 saturated heterocycles. The van der Waals surface area contributed by atoms with E-state index in [2.05, 4.69) is 10.3 Å². The Labute approximate surface area is 152 Å². The highest BCUT2D eigenvalue weighted by molar-refractivity contribution is 7.13. The minimum absolute atomic E-state index is 0.0223. The van der Waals surface area contributed by atoms with Crippen LogP contribution in [0.2, 0.25) is 0 Å². The zero-order chi connectivity index (χ0) is 17.5. The monoisotopic (exact) mass is 356 g/mol. The molecule has 1 aromatic carbocycles. The molecule has 0 unspecified atom stereocenters. The number of carbonyl (C=O) groups is 1. The molecule has 1 aromatic heterocycles. The maximum absolute atomic E-state index is 12.1. The third kappa shape index (κ3) is 5.16. The molecule has 1 heterocycles. The second-order valence-electron chi connectivity index (χ2n) is 6.34. The Kier molecular flexibility index (Phi) is 6.23. The molecule has 4 nitrogen and oxygen atoms in total. The zero-order valence-corrected chi connectivity index (χ0v) is 15.3. The number of amides is 1. The summed E-state index contributed by atoms with van der Waals surface area (Å²) in [4.78, 5) is 16.7. The number of hydrogen-bond acceptors (Lipinski definition) is 4. The number of methoxy groups -OCH3 is 1. The van der Waals surface area contributed by atoms with Crippen molar-refractivity contribution in [1.82, 2.24) is 10.3 Å². The largest absolute Gasteiger partial charge is 0.497 e. The van der Waals surface area contributed by atoms with Crippen molar-refractivity contribution < 1.29 is 9.53 Å². The second kappa shape index (κ2) is 8.81. The van der Waals surface area contributed by atoms with Gasteiger partial charge >= 0.3 is 0 Å². The van der Waals surface area contributed by atoms with E-state index >= 15 is 0 Å². The molecule has 3 rings (SSSR count). The molecule has 0 aliphatic heterocycles. The van der Waals surface area contributed by atoms with Crippen molar-refractivity contribution in [3.05, 3.63) is 41.4 Å². The van der Waals surface area contributed by atoms with Gasteiger partial charge in [0, 0.05) is 23.1 Å². The van der Waals surface area contributed by atoms with Crippen LogP contribution in [0.15, 0.2) is 35.7 Å². The van der Waals surface area contributed by atoms with Crippen LogP contribution in [-0.2, 0) is 4.79 Å². The van der Waals surface area contributed by atoms with Crippen LogP contribution in [0.3, 0.4) is 0 Å². The molecule has 132 valence electrons. The van der Waals surface area contributed by atoms with E-state index in [9.17, 15) is 4.79 Å². The maximum atomic E-state index is 12.1. The van der Waals surface area contributed by atoms with E-state index in [-0.39, 0.29) is 5.91 Å². The van der Waals surface area contributed by atoms with Gasteiger partial charge in [-0.25, -0.2) is 4.98 Å². The van der Waals surface area contributed by atoms with Crippen molar-refractivity contribution in [3.8, 4) is 16.3 Å². The van der Waals surface area contributed by atoms with Crippen molar-refractivity contribution in [1.29, 1.82) is 0 Å². The first kappa shape index (κ1) is 17.7. The number of hydrogen-bond donors (Lipinski definition) is 1. The van der Waals surface area contributed by atoms with Crippen molar-refractivity contribution in [2.75, 3.05) is 7.11 Å². The van der Waals surface area contributed by atoms with Gasteiger partial charge in [-0.05, 0) is 43.2 Å². The maximum Gasteiger partial charge on any atom is 0.244 e. The van der Waals surface area contributed by atoms with Crippen LogP contribution < -0.4 is 10.1 Å². The van der Waals surface area contributed by atoms with Gasteiger partial charge in [-0.15, -0.1) is 11.3 Å². The van der Waals surface area contributed by atoms with Gasteiger partial charge in [-0.3, -0.25) is 4.79 Å². The Hall–Kier alpha value is -2.14. The van der Waals surface area contributed by atoms with Gasteiger partial charge in [-0.1, -0.05) is 25.7 Å². The van der Waals surface area contributed by atoms with Gasteiger partial charge in [0.05, 0.1) is 12.8 Å². The number of thiazole rings is 1. The van der Waals surface area contributed by atoms with Gasteiger partial charge < -0.3 is 10.1 Å². The number of carbonyl (C=O) groups excluding carboxylic acids is 1. The van der Waals surface area contributed by atoms with E-state index in [1.54, 1.807) is 30.6 Å². The highest BCUT2D eigenvalue weighted by Gasteiger charge is 2.13. The molecule has 5 heteroatoms. The molecule has 0 atom stereocenters. The van der Waals surface area contributed by atoms with Crippen LogP contribution in [0.1, 0.15) is 44.2 Å². The number of nitrogens with zero attached hydrogens (tertiary/aromatic N) is 1. The lowest BCUT2D eigenvalue weighted by Crippen LogP contribution is -2.33. The van der Waals surface area contributed by atoms with Crippen molar-refractivity contribution >= 4 is 23.3 Å². The van der Waals surface area contributed by atoms with E-state index in [1.807, 2.05) is 29.6 Å².